The van der Waals surface area contributed by atoms with Gasteiger partial charge in [0, 0.05) is 71.5 Å². The van der Waals surface area contributed by atoms with Gasteiger partial charge in [0.2, 0.25) is 0 Å². The van der Waals surface area contributed by atoms with Crippen LogP contribution in [0.25, 0.3) is 0 Å². The summed E-state index contributed by atoms with van der Waals surface area (Å²) < 4.78 is 0. The van der Waals surface area contributed by atoms with E-state index in [0.717, 1.165) is 83.2 Å². The first-order valence-corrected chi connectivity index (χ1v) is 11.6. The summed E-state index contributed by atoms with van der Waals surface area (Å²) >= 11 is 0. The number of anilines is 2. The molecule has 3 fully saturated rings. The number of hydrogen-bond acceptors (Lipinski definition) is 5. The number of piperazine rings is 2. The van der Waals surface area contributed by atoms with Gasteiger partial charge in [0.05, 0.1) is 11.4 Å². The van der Waals surface area contributed by atoms with Crippen molar-refractivity contribution in [2.45, 2.75) is 25.3 Å². The lowest BCUT2D eigenvalue weighted by atomic mass is 10.1. The molecule has 0 aliphatic carbocycles. The average Bonchev–Trinajstić information content (AvgIpc) is 3.02. The molecule has 3 heterocycles. The van der Waals surface area contributed by atoms with Crippen molar-refractivity contribution in [2.24, 2.45) is 0 Å². The summed E-state index contributed by atoms with van der Waals surface area (Å²) in [6, 6.07) is 8.80. The lowest BCUT2D eigenvalue weighted by Crippen LogP contribution is -2.52. The van der Waals surface area contributed by atoms with Gasteiger partial charge in [-0.25, -0.2) is 4.79 Å². The van der Waals surface area contributed by atoms with E-state index in [1.165, 1.54) is 12.8 Å². The molecular weight excluding hydrogens is 376 g/mol. The molecule has 1 N–H and O–H groups in total. The van der Waals surface area contributed by atoms with E-state index < -0.39 is 0 Å². The molecular formula is C23H38N6O. The summed E-state index contributed by atoms with van der Waals surface area (Å²) in [6.45, 7) is 10.3. The summed E-state index contributed by atoms with van der Waals surface area (Å²) in [5.74, 6) is 0. The fourth-order valence-corrected chi connectivity index (χ4v) is 4.89. The van der Waals surface area contributed by atoms with Gasteiger partial charge in [0.25, 0.3) is 0 Å². The fraction of sp³-hybridized carbons (Fsp3) is 0.696. The number of nitrogens with zero attached hydrogens (tertiary/aromatic N) is 5. The van der Waals surface area contributed by atoms with Gasteiger partial charge in [-0.1, -0.05) is 18.6 Å². The first-order chi connectivity index (χ1) is 14.6. The quantitative estimate of drug-likeness (QED) is 0.821. The average molecular weight is 415 g/mol. The molecule has 0 radical (unpaired) electrons. The third-order valence-electron chi connectivity index (χ3n) is 6.98. The maximum atomic E-state index is 13.2. The monoisotopic (exact) mass is 414 g/mol. The predicted molar refractivity (Wildman–Crippen MR) is 123 cm³/mol. The zero-order valence-electron chi connectivity index (χ0n) is 18.7. The van der Waals surface area contributed by atoms with Crippen LogP contribution in [0, 0.1) is 0 Å². The van der Waals surface area contributed by atoms with E-state index in [2.05, 4.69) is 56.0 Å². The van der Waals surface area contributed by atoms with Crippen LogP contribution in [0.1, 0.15) is 19.3 Å². The van der Waals surface area contributed by atoms with Crippen molar-refractivity contribution < 1.29 is 4.79 Å². The molecule has 0 unspecified atom stereocenters. The molecule has 7 heteroatoms. The Labute approximate surface area is 181 Å². The maximum absolute atomic E-state index is 13.2. The highest BCUT2D eigenvalue weighted by Crippen LogP contribution is 2.27. The molecule has 30 heavy (non-hydrogen) atoms. The van der Waals surface area contributed by atoms with Gasteiger partial charge in [0.1, 0.15) is 0 Å². The van der Waals surface area contributed by atoms with Crippen LogP contribution in [0.4, 0.5) is 16.2 Å². The normalized spacial score (nSPS) is 25.2. The van der Waals surface area contributed by atoms with E-state index in [0.29, 0.717) is 6.04 Å². The molecule has 0 spiro atoms. The van der Waals surface area contributed by atoms with Crippen LogP contribution < -0.4 is 10.2 Å². The molecule has 0 bridgehead atoms. The Morgan fingerprint density at radius 3 is 2.27 bits per heavy atom. The largest absolute Gasteiger partial charge is 0.367 e. The van der Waals surface area contributed by atoms with Crippen molar-refractivity contribution in [3.8, 4) is 0 Å². The van der Waals surface area contributed by atoms with Crippen molar-refractivity contribution in [3.05, 3.63) is 24.3 Å². The number of likely N-dealkylation sites (N-methyl/N-ethyl adjacent to an activating group) is 2. The molecule has 3 saturated heterocycles. The Hall–Kier alpha value is -1.83. The van der Waals surface area contributed by atoms with Crippen LogP contribution in [0.5, 0.6) is 0 Å². The minimum Gasteiger partial charge on any atom is -0.367 e. The Morgan fingerprint density at radius 2 is 1.53 bits per heavy atom. The zero-order chi connectivity index (χ0) is 20.9. The minimum absolute atomic E-state index is 0.0533. The zero-order valence-corrected chi connectivity index (χ0v) is 18.7. The molecule has 2 amide bonds. The van der Waals surface area contributed by atoms with Crippen LogP contribution in [-0.4, -0.2) is 111 Å². The fourth-order valence-electron chi connectivity index (χ4n) is 4.89. The smallest absolute Gasteiger partial charge is 0.321 e. The van der Waals surface area contributed by atoms with E-state index in [9.17, 15) is 4.79 Å². The predicted octanol–water partition coefficient (Wildman–Crippen LogP) is 2.07. The molecule has 1 aromatic carbocycles. The number of benzene rings is 1. The Morgan fingerprint density at radius 1 is 0.867 bits per heavy atom. The third-order valence-corrected chi connectivity index (χ3v) is 6.98. The molecule has 166 valence electrons. The second-order valence-corrected chi connectivity index (χ2v) is 9.17. The number of hydrogen-bond donors (Lipinski definition) is 1. The van der Waals surface area contributed by atoms with E-state index in [-0.39, 0.29) is 6.03 Å². The van der Waals surface area contributed by atoms with Crippen LogP contribution in [0.3, 0.4) is 0 Å². The lowest BCUT2D eigenvalue weighted by molar-refractivity contribution is 0.0948. The lowest BCUT2D eigenvalue weighted by Gasteiger charge is -2.39. The van der Waals surface area contributed by atoms with Crippen molar-refractivity contribution in [1.82, 2.24) is 19.6 Å². The van der Waals surface area contributed by atoms with Gasteiger partial charge >= 0.3 is 6.03 Å². The summed E-state index contributed by atoms with van der Waals surface area (Å²) in [5, 5.41) is 3.25. The number of carbonyl (C=O) groups is 1. The van der Waals surface area contributed by atoms with Crippen LogP contribution in [0.2, 0.25) is 0 Å². The van der Waals surface area contributed by atoms with E-state index in [4.69, 9.17) is 0 Å². The molecule has 3 aliphatic rings. The Balaban J connectivity index is 1.40. The van der Waals surface area contributed by atoms with Crippen LogP contribution in [-0.2, 0) is 0 Å². The number of amides is 2. The van der Waals surface area contributed by atoms with Gasteiger partial charge in [0.15, 0.2) is 0 Å². The number of likely N-dealkylation sites (tertiary alicyclic amines) is 1. The summed E-state index contributed by atoms with van der Waals surface area (Å²) in [6.07, 6.45) is 3.50. The van der Waals surface area contributed by atoms with Gasteiger partial charge < -0.3 is 24.9 Å². The third kappa shape index (κ3) is 5.25. The highest BCUT2D eigenvalue weighted by atomic mass is 16.2. The number of para-hydroxylation sites is 2. The number of nitrogens with one attached hydrogen (secondary N) is 1. The summed E-state index contributed by atoms with van der Waals surface area (Å²) in [5.41, 5.74) is 2.08. The second-order valence-electron chi connectivity index (χ2n) is 9.17. The standard InChI is InChI=1S/C23H38N6O/c1-25-11-15-27(16-12-25)20-7-5-6-10-29(19-20)23(30)24-21-8-3-4-9-22(21)28-17-13-26(2)14-18-28/h3-4,8-9,20H,5-7,10-19H2,1-2H3,(H,24,30)/t20-/m0/s1. The molecule has 7 nitrogen and oxygen atoms in total. The van der Waals surface area contributed by atoms with E-state index in [1.54, 1.807) is 0 Å². The summed E-state index contributed by atoms with van der Waals surface area (Å²) in [4.78, 5) is 25.0. The number of rotatable bonds is 3. The van der Waals surface area contributed by atoms with Crippen molar-refractivity contribution in [1.29, 1.82) is 0 Å². The van der Waals surface area contributed by atoms with Gasteiger partial charge in [-0.3, -0.25) is 4.90 Å². The minimum atomic E-state index is 0.0533. The Kier molecular flexibility index (Phi) is 7.12. The molecule has 1 aromatic rings. The summed E-state index contributed by atoms with van der Waals surface area (Å²) in [7, 11) is 4.36. The SMILES string of the molecule is CN1CCN(c2ccccc2NC(=O)N2CCCC[C@H](N3CCN(C)CC3)C2)CC1. The maximum Gasteiger partial charge on any atom is 0.321 e. The Bertz CT molecular complexity index is 697. The molecule has 3 aliphatic heterocycles. The number of urea groups is 1. The van der Waals surface area contributed by atoms with E-state index >= 15 is 0 Å². The van der Waals surface area contributed by atoms with Crippen molar-refractivity contribution in [3.63, 3.8) is 0 Å². The van der Waals surface area contributed by atoms with Gasteiger partial charge in [-0.05, 0) is 39.1 Å². The highest BCUT2D eigenvalue weighted by Gasteiger charge is 2.28. The topological polar surface area (TPSA) is 45.3 Å². The second kappa shape index (κ2) is 9.98. The molecule has 0 aromatic heterocycles. The highest BCUT2D eigenvalue weighted by molar-refractivity contribution is 5.93. The van der Waals surface area contributed by atoms with Crippen molar-refractivity contribution >= 4 is 17.4 Å². The molecule has 1 atom stereocenters. The first-order valence-electron chi connectivity index (χ1n) is 11.6. The van der Waals surface area contributed by atoms with Crippen LogP contribution >= 0.6 is 0 Å². The van der Waals surface area contributed by atoms with Crippen LogP contribution in [0.15, 0.2) is 24.3 Å². The van der Waals surface area contributed by atoms with E-state index in [1.807, 2.05) is 12.1 Å². The number of carbonyl (C=O) groups excluding carboxylic acids is 1. The van der Waals surface area contributed by atoms with Gasteiger partial charge in [-0.15, -0.1) is 0 Å². The molecule has 0 saturated carbocycles. The van der Waals surface area contributed by atoms with Crippen molar-refractivity contribution in [2.75, 3.05) is 89.8 Å². The molecule has 4 rings (SSSR count). The van der Waals surface area contributed by atoms with Gasteiger partial charge in [-0.2, -0.15) is 0 Å². The first kappa shape index (κ1) is 21.4.